The molecule has 0 aliphatic heterocycles. The molecular formula is C8H19O4P. The molecular weight excluding hydrogens is 191 g/mol. The van der Waals surface area contributed by atoms with Crippen LogP contribution in [0, 0.1) is 0 Å². The Labute approximate surface area is 79.5 Å². The molecule has 0 aromatic carbocycles. The van der Waals surface area contributed by atoms with Crippen molar-refractivity contribution in [3.8, 4) is 0 Å². The van der Waals surface area contributed by atoms with Gasteiger partial charge in [0.05, 0.1) is 6.10 Å². The molecule has 0 fully saturated rings. The zero-order valence-corrected chi connectivity index (χ0v) is 9.17. The predicted molar refractivity (Wildman–Crippen MR) is 51.4 cm³/mol. The van der Waals surface area contributed by atoms with E-state index in [1.54, 1.807) is 0 Å². The lowest BCUT2D eigenvalue weighted by molar-refractivity contribution is 0.117. The summed E-state index contributed by atoms with van der Waals surface area (Å²) >= 11 is 0. The molecule has 1 atom stereocenters. The van der Waals surface area contributed by atoms with E-state index in [2.05, 4.69) is 4.52 Å². The monoisotopic (exact) mass is 210 g/mol. The molecule has 1 unspecified atom stereocenters. The van der Waals surface area contributed by atoms with E-state index in [-0.39, 0.29) is 6.10 Å². The van der Waals surface area contributed by atoms with E-state index >= 15 is 0 Å². The second-order valence-electron chi connectivity index (χ2n) is 3.15. The third-order valence-electron chi connectivity index (χ3n) is 1.78. The van der Waals surface area contributed by atoms with E-state index in [0.717, 1.165) is 25.7 Å². The van der Waals surface area contributed by atoms with Crippen molar-refractivity contribution in [2.24, 2.45) is 0 Å². The van der Waals surface area contributed by atoms with Gasteiger partial charge in [-0.05, 0) is 12.8 Å². The molecule has 0 saturated carbocycles. The van der Waals surface area contributed by atoms with Crippen LogP contribution in [0.4, 0.5) is 0 Å². The highest BCUT2D eigenvalue weighted by atomic mass is 31.2. The van der Waals surface area contributed by atoms with Gasteiger partial charge in [0.1, 0.15) is 0 Å². The Morgan fingerprint density at radius 2 is 1.85 bits per heavy atom. The summed E-state index contributed by atoms with van der Waals surface area (Å²) < 4.78 is 15.2. The van der Waals surface area contributed by atoms with Crippen LogP contribution in [-0.4, -0.2) is 15.9 Å². The number of phosphoric ester groups is 1. The molecule has 0 aromatic rings. The molecule has 0 amide bonds. The molecule has 4 nitrogen and oxygen atoms in total. The average Bonchev–Trinajstić information content (AvgIpc) is 1.98. The Bertz CT molecular complexity index is 166. The smallest absolute Gasteiger partial charge is 0.303 e. The number of unbranched alkanes of at least 4 members (excludes halogenated alkanes) is 1. The summed E-state index contributed by atoms with van der Waals surface area (Å²) in [6.45, 7) is 4.02. The van der Waals surface area contributed by atoms with Gasteiger partial charge in [0.2, 0.25) is 0 Å². The van der Waals surface area contributed by atoms with Gasteiger partial charge < -0.3 is 9.79 Å². The van der Waals surface area contributed by atoms with E-state index in [9.17, 15) is 4.57 Å². The lowest BCUT2D eigenvalue weighted by Gasteiger charge is -2.16. The van der Waals surface area contributed by atoms with Gasteiger partial charge in [-0.3, -0.25) is 4.52 Å². The summed E-state index contributed by atoms with van der Waals surface area (Å²) in [4.78, 5) is 17.2. The quantitative estimate of drug-likeness (QED) is 0.633. The Balaban J connectivity index is 3.86. The van der Waals surface area contributed by atoms with Crippen molar-refractivity contribution < 1.29 is 18.9 Å². The van der Waals surface area contributed by atoms with Crippen molar-refractivity contribution in [2.75, 3.05) is 0 Å². The maximum Gasteiger partial charge on any atom is 0.469 e. The minimum atomic E-state index is -4.29. The molecule has 0 radical (unpaired) electrons. The molecule has 0 aromatic heterocycles. The van der Waals surface area contributed by atoms with Crippen LogP contribution in [0.5, 0.6) is 0 Å². The van der Waals surface area contributed by atoms with Crippen LogP contribution in [0.2, 0.25) is 0 Å². The van der Waals surface area contributed by atoms with Gasteiger partial charge in [-0.1, -0.05) is 33.1 Å². The van der Waals surface area contributed by atoms with Crippen molar-refractivity contribution >= 4 is 7.82 Å². The van der Waals surface area contributed by atoms with Crippen molar-refractivity contribution in [3.63, 3.8) is 0 Å². The zero-order chi connectivity index (χ0) is 10.3. The van der Waals surface area contributed by atoms with Crippen LogP contribution in [0.1, 0.15) is 46.0 Å². The average molecular weight is 210 g/mol. The topological polar surface area (TPSA) is 66.8 Å². The number of phosphoric acid groups is 1. The number of hydrogen-bond donors (Lipinski definition) is 2. The lowest BCUT2D eigenvalue weighted by Crippen LogP contribution is -2.10. The fraction of sp³-hybridized carbons (Fsp3) is 1.00. The standard InChI is InChI=1S/C8H19O4P/c1-3-5-7-8(6-4-2)12-13(9,10)11/h8H,3-7H2,1-2H3,(H2,9,10,11). The lowest BCUT2D eigenvalue weighted by atomic mass is 10.1. The first-order chi connectivity index (χ1) is 5.99. The molecule has 2 N–H and O–H groups in total. The third kappa shape index (κ3) is 8.44. The fourth-order valence-corrected chi connectivity index (χ4v) is 1.80. The second kappa shape index (κ2) is 6.55. The van der Waals surface area contributed by atoms with Crippen LogP contribution in [0.3, 0.4) is 0 Å². The minimum Gasteiger partial charge on any atom is -0.303 e. The minimum absolute atomic E-state index is 0.286. The van der Waals surface area contributed by atoms with E-state index in [1.807, 2.05) is 13.8 Å². The van der Waals surface area contributed by atoms with Crippen LogP contribution >= 0.6 is 7.82 Å². The molecule has 80 valence electrons. The maximum atomic E-state index is 10.6. The first-order valence-corrected chi connectivity index (χ1v) is 6.26. The molecule has 0 spiro atoms. The van der Waals surface area contributed by atoms with Crippen LogP contribution in [0.15, 0.2) is 0 Å². The maximum absolute atomic E-state index is 10.6. The summed E-state index contributed by atoms with van der Waals surface area (Å²) in [7, 11) is -4.29. The highest BCUT2D eigenvalue weighted by Crippen LogP contribution is 2.39. The molecule has 0 aliphatic carbocycles. The Morgan fingerprint density at radius 3 is 2.23 bits per heavy atom. The Morgan fingerprint density at radius 1 is 1.23 bits per heavy atom. The van der Waals surface area contributed by atoms with Crippen LogP contribution in [0.25, 0.3) is 0 Å². The first-order valence-electron chi connectivity index (χ1n) is 4.73. The van der Waals surface area contributed by atoms with Gasteiger partial charge in [0.25, 0.3) is 0 Å². The summed E-state index contributed by atoms with van der Waals surface area (Å²) in [6.07, 6.45) is 4.01. The fourth-order valence-electron chi connectivity index (χ4n) is 1.20. The summed E-state index contributed by atoms with van der Waals surface area (Å²) in [5, 5.41) is 0. The zero-order valence-electron chi connectivity index (χ0n) is 8.27. The molecule has 0 rings (SSSR count). The van der Waals surface area contributed by atoms with E-state index in [0.29, 0.717) is 6.42 Å². The van der Waals surface area contributed by atoms with E-state index < -0.39 is 7.82 Å². The summed E-state index contributed by atoms with van der Waals surface area (Å²) in [6, 6.07) is 0. The van der Waals surface area contributed by atoms with Crippen molar-refractivity contribution in [3.05, 3.63) is 0 Å². The van der Waals surface area contributed by atoms with Gasteiger partial charge in [-0.15, -0.1) is 0 Å². The van der Waals surface area contributed by atoms with Gasteiger partial charge in [0.15, 0.2) is 0 Å². The van der Waals surface area contributed by atoms with Gasteiger partial charge >= 0.3 is 7.82 Å². The Hall–Kier alpha value is 0.110. The molecule has 0 heterocycles. The highest BCUT2D eigenvalue weighted by molar-refractivity contribution is 7.46. The number of hydrogen-bond acceptors (Lipinski definition) is 2. The molecule has 0 saturated heterocycles. The van der Waals surface area contributed by atoms with Gasteiger partial charge in [-0.2, -0.15) is 0 Å². The van der Waals surface area contributed by atoms with E-state index in [4.69, 9.17) is 9.79 Å². The summed E-state index contributed by atoms with van der Waals surface area (Å²) in [5.41, 5.74) is 0. The molecule has 0 bridgehead atoms. The van der Waals surface area contributed by atoms with Gasteiger partial charge in [-0.25, -0.2) is 4.57 Å². The predicted octanol–water partition coefficient (Wildman–Crippen LogP) is 2.45. The highest BCUT2D eigenvalue weighted by Gasteiger charge is 2.20. The molecule has 5 heteroatoms. The Kier molecular flexibility index (Phi) is 6.60. The van der Waals surface area contributed by atoms with Crippen LogP contribution in [-0.2, 0) is 9.09 Å². The van der Waals surface area contributed by atoms with E-state index in [1.165, 1.54) is 0 Å². The van der Waals surface area contributed by atoms with Crippen LogP contribution < -0.4 is 0 Å². The van der Waals surface area contributed by atoms with Crippen molar-refractivity contribution in [2.45, 2.75) is 52.1 Å². The second-order valence-corrected chi connectivity index (χ2v) is 4.34. The number of rotatable bonds is 7. The molecule has 13 heavy (non-hydrogen) atoms. The van der Waals surface area contributed by atoms with Crippen molar-refractivity contribution in [1.82, 2.24) is 0 Å². The summed E-state index contributed by atoms with van der Waals surface area (Å²) in [5.74, 6) is 0. The molecule has 0 aliphatic rings. The van der Waals surface area contributed by atoms with Crippen molar-refractivity contribution in [1.29, 1.82) is 0 Å². The van der Waals surface area contributed by atoms with Gasteiger partial charge in [0, 0.05) is 0 Å². The SMILES string of the molecule is CCCCC(CCC)OP(=O)(O)O. The largest absolute Gasteiger partial charge is 0.469 e. The normalized spacial score (nSPS) is 14.5. The third-order valence-corrected chi connectivity index (χ3v) is 2.35. The first kappa shape index (κ1) is 13.1.